The molecule has 0 bridgehead atoms. The molecular formula is C17H13Cl2N3O4. The number of nitrogens with zero attached hydrogens (tertiary/aromatic N) is 3. The SMILES string of the molecule is Cc1cnc2c(c1)c(=O)n(CC(=O)O)c(=O)n2Cc1ccc(Cl)c(Cl)c1. The van der Waals surface area contributed by atoms with Crippen molar-refractivity contribution in [1.82, 2.24) is 14.1 Å². The van der Waals surface area contributed by atoms with Crippen molar-refractivity contribution in [3.63, 3.8) is 0 Å². The Bertz CT molecular complexity index is 1150. The van der Waals surface area contributed by atoms with E-state index in [2.05, 4.69) is 4.98 Å². The highest BCUT2D eigenvalue weighted by atomic mass is 35.5. The molecule has 2 heterocycles. The molecule has 1 aromatic carbocycles. The van der Waals surface area contributed by atoms with Gasteiger partial charge in [-0.2, -0.15) is 0 Å². The van der Waals surface area contributed by atoms with Crippen molar-refractivity contribution in [3.8, 4) is 0 Å². The second kappa shape index (κ2) is 6.93. The minimum atomic E-state index is -1.29. The van der Waals surface area contributed by atoms with Crippen LogP contribution in [0, 0.1) is 6.92 Å². The number of aryl methyl sites for hydroxylation is 1. The van der Waals surface area contributed by atoms with E-state index >= 15 is 0 Å². The van der Waals surface area contributed by atoms with Crippen LogP contribution in [-0.2, 0) is 17.9 Å². The van der Waals surface area contributed by atoms with Crippen LogP contribution in [0.4, 0.5) is 0 Å². The Hall–Kier alpha value is -2.64. The van der Waals surface area contributed by atoms with Gasteiger partial charge in [0.2, 0.25) is 0 Å². The van der Waals surface area contributed by atoms with Crippen molar-refractivity contribution < 1.29 is 9.90 Å². The Morgan fingerprint density at radius 1 is 1.15 bits per heavy atom. The number of pyridine rings is 1. The van der Waals surface area contributed by atoms with Gasteiger partial charge in [0.05, 0.1) is 22.0 Å². The predicted molar refractivity (Wildman–Crippen MR) is 98.2 cm³/mol. The van der Waals surface area contributed by atoms with E-state index in [-0.39, 0.29) is 17.6 Å². The largest absolute Gasteiger partial charge is 0.480 e. The van der Waals surface area contributed by atoms with E-state index in [9.17, 15) is 14.4 Å². The van der Waals surface area contributed by atoms with Gasteiger partial charge in [-0.1, -0.05) is 29.3 Å². The van der Waals surface area contributed by atoms with Crippen molar-refractivity contribution >= 4 is 40.2 Å². The summed E-state index contributed by atoms with van der Waals surface area (Å²) >= 11 is 11.9. The zero-order valence-corrected chi connectivity index (χ0v) is 15.1. The van der Waals surface area contributed by atoms with E-state index < -0.39 is 23.8 Å². The summed E-state index contributed by atoms with van der Waals surface area (Å²) in [5.74, 6) is -1.29. The highest BCUT2D eigenvalue weighted by Gasteiger charge is 2.17. The number of halogens is 2. The van der Waals surface area contributed by atoms with Crippen LogP contribution in [0.2, 0.25) is 10.0 Å². The Labute approximate surface area is 157 Å². The van der Waals surface area contributed by atoms with Gasteiger partial charge in [0.25, 0.3) is 5.56 Å². The molecule has 0 unspecified atom stereocenters. The van der Waals surface area contributed by atoms with Gasteiger partial charge in [0.1, 0.15) is 12.2 Å². The van der Waals surface area contributed by atoms with Crippen molar-refractivity contribution in [2.45, 2.75) is 20.0 Å². The van der Waals surface area contributed by atoms with Gasteiger partial charge in [-0.05, 0) is 36.2 Å². The molecule has 9 heteroatoms. The van der Waals surface area contributed by atoms with Crippen LogP contribution in [0.1, 0.15) is 11.1 Å². The first-order valence-electron chi connectivity index (χ1n) is 7.53. The van der Waals surface area contributed by atoms with Crippen LogP contribution in [0.25, 0.3) is 11.0 Å². The molecule has 26 heavy (non-hydrogen) atoms. The maximum absolute atomic E-state index is 12.7. The standard InChI is InChI=1S/C17H13Cl2N3O4/c1-9-4-11-15(20-6-9)21(7-10-2-3-12(18)13(19)5-10)17(26)22(16(11)25)8-14(23)24/h2-6H,7-8H2,1H3,(H,23,24). The zero-order chi connectivity index (χ0) is 19.0. The number of aromatic nitrogens is 3. The van der Waals surface area contributed by atoms with Crippen molar-refractivity contribution in [2.75, 3.05) is 0 Å². The number of hydrogen-bond donors (Lipinski definition) is 1. The van der Waals surface area contributed by atoms with Gasteiger partial charge in [0, 0.05) is 6.20 Å². The summed E-state index contributed by atoms with van der Waals surface area (Å²) in [7, 11) is 0. The lowest BCUT2D eigenvalue weighted by Crippen LogP contribution is -2.42. The second-order valence-corrected chi connectivity index (χ2v) is 6.60. The van der Waals surface area contributed by atoms with E-state index in [0.29, 0.717) is 20.2 Å². The van der Waals surface area contributed by atoms with E-state index in [4.69, 9.17) is 28.3 Å². The number of carbonyl (C=O) groups is 1. The van der Waals surface area contributed by atoms with Gasteiger partial charge >= 0.3 is 11.7 Å². The molecular weight excluding hydrogens is 381 g/mol. The highest BCUT2D eigenvalue weighted by Crippen LogP contribution is 2.23. The molecule has 1 N–H and O–H groups in total. The smallest absolute Gasteiger partial charge is 0.333 e. The first kappa shape index (κ1) is 18.2. The summed E-state index contributed by atoms with van der Waals surface area (Å²) in [6.07, 6.45) is 1.54. The van der Waals surface area contributed by atoms with Crippen LogP contribution in [-0.4, -0.2) is 25.2 Å². The van der Waals surface area contributed by atoms with E-state index in [1.54, 1.807) is 31.2 Å². The minimum Gasteiger partial charge on any atom is -0.480 e. The van der Waals surface area contributed by atoms with E-state index in [1.807, 2.05) is 0 Å². The molecule has 0 aliphatic heterocycles. The number of carboxylic acid groups (broad SMARTS) is 1. The summed E-state index contributed by atoms with van der Waals surface area (Å²) in [6, 6.07) is 6.46. The highest BCUT2D eigenvalue weighted by molar-refractivity contribution is 6.42. The number of rotatable bonds is 4. The lowest BCUT2D eigenvalue weighted by Gasteiger charge is -2.13. The van der Waals surface area contributed by atoms with Crippen molar-refractivity contribution in [2.24, 2.45) is 0 Å². The maximum Gasteiger partial charge on any atom is 0.333 e. The van der Waals surface area contributed by atoms with Crippen LogP contribution in [0.3, 0.4) is 0 Å². The lowest BCUT2D eigenvalue weighted by atomic mass is 10.2. The average Bonchev–Trinajstić information content (AvgIpc) is 2.58. The molecule has 3 rings (SSSR count). The molecule has 0 aliphatic carbocycles. The Morgan fingerprint density at radius 2 is 1.88 bits per heavy atom. The summed E-state index contributed by atoms with van der Waals surface area (Å²) in [5.41, 5.74) is 0.113. The Balaban J connectivity index is 2.28. The molecule has 3 aromatic rings. The average molecular weight is 394 g/mol. The summed E-state index contributed by atoms with van der Waals surface area (Å²) in [6.45, 7) is 1.08. The van der Waals surface area contributed by atoms with Crippen LogP contribution in [0.15, 0.2) is 40.1 Å². The quantitative estimate of drug-likeness (QED) is 0.733. The fourth-order valence-corrected chi connectivity index (χ4v) is 2.96. The number of aliphatic carboxylic acids is 1. The predicted octanol–water partition coefficient (Wildman–Crippen LogP) is 2.31. The molecule has 0 saturated heterocycles. The number of hydrogen-bond acceptors (Lipinski definition) is 4. The van der Waals surface area contributed by atoms with E-state index in [0.717, 1.165) is 5.56 Å². The maximum atomic E-state index is 12.7. The molecule has 0 amide bonds. The van der Waals surface area contributed by atoms with Crippen LogP contribution >= 0.6 is 23.2 Å². The van der Waals surface area contributed by atoms with Crippen LogP contribution in [0.5, 0.6) is 0 Å². The fraction of sp³-hybridized carbons (Fsp3) is 0.176. The minimum absolute atomic E-state index is 0.0577. The topological polar surface area (TPSA) is 94.2 Å². The monoisotopic (exact) mass is 393 g/mol. The summed E-state index contributed by atoms with van der Waals surface area (Å²) in [4.78, 5) is 40.6. The van der Waals surface area contributed by atoms with Gasteiger partial charge in [-0.25, -0.2) is 14.3 Å². The number of benzene rings is 1. The molecule has 0 aliphatic rings. The number of carboxylic acids is 1. The third-order valence-electron chi connectivity index (χ3n) is 3.81. The number of fused-ring (bicyclic) bond motifs is 1. The Morgan fingerprint density at radius 3 is 2.54 bits per heavy atom. The molecule has 7 nitrogen and oxygen atoms in total. The third-order valence-corrected chi connectivity index (χ3v) is 4.55. The normalized spacial score (nSPS) is 11.0. The molecule has 2 aromatic heterocycles. The molecule has 0 atom stereocenters. The van der Waals surface area contributed by atoms with Gasteiger partial charge in [-0.3, -0.25) is 14.2 Å². The van der Waals surface area contributed by atoms with Gasteiger partial charge < -0.3 is 5.11 Å². The first-order chi connectivity index (χ1) is 12.3. The van der Waals surface area contributed by atoms with Crippen LogP contribution < -0.4 is 11.2 Å². The second-order valence-electron chi connectivity index (χ2n) is 5.79. The molecule has 0 spiro atoms. The Kier molecular flexibility index (Phi) is 4.84. The molecule has 0 radical (unpaired) electrons. The zero-order valence-electron chi connectivity index (χ0n) is 13.6. The van der Waals surface area contributed by atoms with Gasteiger partial charge in [-0.15, -0.1) is 0 Å². The molecule has 0 saturated carbocycles. The lowest BCUT2D eigenvalue weighted by molar-refractivity contribution is -0.137. The third kappa shape index (κ3) is 3.36. The fourth-order valence-electron chi connectivity index (χ4n) is 2.64. The summed E-state index contributed by atoms with van der Waals surface area (Å²) < 4.78 is 1.93. The van der Waals surface area contributed by atoms with Gasteiger partial charge in [0.15, 0.2) is 0 Å². The summed E-state index contributed by atoms with van der Waals surface area (Å²) in [5, 5.41) is 9.90. The van der Waals surface area contributed by atoms with E-state index in [1.165, 1.54) is 10.8 Å². The van der Waals surface area contributed by atoms with Crippen molar-refractivity contribution in [3.05, 3.63) is 72.5 Å². The molecule has 134 valence electrons. The first-order valence-corrected chi connectivity index (χ1v) is 8.29. The molecule has 0 fully saturated rings. The van der Waals surface area contributed by atoms with Crippen molar-refractivity contribution in [1.29, 1.82) is 0 Å².